The summed E-state index contributed by atoms with van der Waals surface area (Å²) >= 11 is 0. The maximum atomic E-state index is 12.9. The Morgan fingerprint density at radius 2 is 0.950 bits per heavy atom. The Kier molecular flexibility index (Phi) is 17.8. The lowest BCUT2D eigenvalue weighted by Gasteiger charge is -2.27. The third kappa shape index (κ3) is 19.2. The second-order valence-corrected chi connectivity index (χ2v) is 10.6. The molecule has 0 saturated heterocycles. The Balaban J connectivity index is 5.65. The molecule has 1 N–H and O–H groups in total. The fourth-order valence-corrected chi connectivity index (χ4v) is 4.26. The lowest BCUT2D eigenvalue weighted by Crippen LogP contribution is -2.30. The molecule has 40 heavy (non-hydrogen) atoms. The summed E-state index contributed by atoms with van der Waals surface area (Å²) in [7, 11) is -2.19. The van der Waals surface area contributed by atoms with Crippen molar-refractivity contribution in [2.24, 2.45) is 5.92 Å². The van der Waals surface area contributed by atoms with E-state index in [1.54, 1.807) is 41.5 Å². The highest BCUT2D eigenvalue weighted by Gasteiger charge is 2.32. The average molecular weight is 601 g/mol. The summed E-state index contributed by atoms with van der Waals surface area (Å²) in [4.78, 5) is 59.6. The quantitative estimate of drug-likeness (QED) is 0.101. The predicted octanol–water partition coefficient (Wildman–Crippen LogP) is 5.08. The highest BCUT2D eigenvalue weighted by molar-refractivity contribution is 7.47. The smallest absolute Gasteiger partial charge is 0.481 e. The van der Waals surface area contributed by atoms with Crippen molar-refractivity contribution in [1.82, 2.24) is 0 Å². The minimum Gasteiger partial charge on any atom is -0.481 e. The van der Waals surface area contributed by atoms with E-state index in [1.807, 2.05) is 0 Å². The van der Waals surface area contributed by atoms with Gasteiger partial charge < -0.3 is 38.3 Å². The van der Waals surface area contributed by atoms with Crippen molar-refractivity contribution in [3.63, 3.8) is 0 Å². The normalized spacial score (nSPS) is 14.9. The summed E-state index contributed by atoms with van der Waals surface area (Å²) in [5.41, 5.74) is 0. The summed E-state index contributed by atoms with van der Waals surface area (Å²) in [5.74, 6) is -3.25. The second kappa shape index (κ2) is 19.2. The average Bonchev–Trinajstić information content (AvgIpc) is 2.73. The van der Waals surface area contributed by atoms with Crippen molar-refractivity contribution in [2.75, 3.05) is 6.16 Å². The molecule has 4 atom stereocenters. The van der Waals surface area contributed by atoms with E-state index in [0.717, 1.165) is 0 Å². The molecule has 0 aromatic heterocycles. The largest absolute Gasteiger partial charge is 0.511 e. The van der Waals surface area contributed by atoms with Gasteiger partial charge in [0, 0.05) is 19.5 Å². The molecule has 0 saturated carbocycles. The number of esters is 1. The van der Waals surface area contributed by atoms with Gasteiger partial charge in [-0.3, -0.25) is 18.6 Å². The van der Waals surface area contributed by atoms with E-state index < -0.39 is 88.3 Å². The van der Waals surface area contributed by atoms with Crippen LogP contribution in [0.1, 0.15) is 75.2 Å². The van der Waals surface area contributed by atoms with Gasteiger partial charge >= 0.3 is 30.4 Å². The number of hydrogen-bond donors (Lipinski definition) is 1. The Labute approximate surface area is 234 Å². The van der Waals surface area contributed by atoms with Crippen LogP contribution in [0.4, 0.5) is 14.4 Å². The lowest BCUT2D eigenvalue weighted by atomic mass is 10.1. The van der Waals surface area contributed by atoms with Crippen LogP contribution in [0.2, 0.25) is 0 Å². The highest BCUT2D eigenvalue weighted by Crippen LogP contribution is 2.44. The van der Waals surface area contributed by atoms with Gasteiger partial charge in [-0.25, -0.2) is 14.4 Å². The van der Waals surface area contributed by atoms with E-state index in [-0.39, 0.29) is 12.6 Å². The standard InChI is InChI=1S/C24H41O15P/c1-13(2)31-22(28)35-16(7)34-21(27)19(10-11-20(25)26)12-40(38-17(8)36-23(29)32-14(3)4)39-18(9)37-24(30)33-15(5)6/h13-19H,10-12H2,1-9H3,(H,25,26). The van der Waals surface area contributed by atoms with Gasteiger partial charge in [0.15, 0.2) is 8.38 Å². The summed E-state index contributed by atoms with van der Waals surface area (Å²) in [6.07, 6.45) is -9.26. The first-order valence-corrected chi connectivity index (χ1v) is 14.0. The number of aliphatic carboxylic acids is 1. The Bertz CT molecular complexity index is 784. The summed E-state index contributed by atoms with van der Waals surface area (Å²) in [5, 5.41) is 9.16. The molecular weight excluding hydrogens is 559 g/mol. The van der Waals surface area contributed by atoms with E-state index in [2.05, 4.69) is 0 Å². The molecule has 16 heteroatoms. The van der Waals surface area contributed by atoms with Crippen molar-refractivity contribution >= 4 is 38.8 Å². The van der Waals surface area contributed by atoms with Crippen molar-refractivity contribution in [3.8, 4) is 0 Å². The Hall–Kier alpha value is -2.90. The molecular formula is C24H41O15P. The molecule has 0 aromatic rings. The first-order valence-electron chi connectivity index (χ1n) is 12.6. The van der Waals surface area contributed by atoms with E-state index in [4.69, 9.17) is 47.3 Å². The minimum absolute atomic E-state index is 0.210. The Morgan fingerprint density at radius 1 is 0.575 bits per heavy atom. The van der Waals surface area contributed by atoms with Crippen molar-refractivity contribution in [3.05, 3.63) is 0 Å². The van der Waals surface area contributed by atoms with Crippen LogP contribution in [0, 0.1) is 5.92 Å². The minimum atomic E-state index is -2.19. The maximum absolute atomic E-state index is 12.9. The number of carbonyl (C=O) groups is 5. The molecule has 4 unspecified atom stereocenters. The van der Waals surface area contributed by atoms with Crippen LogP contribution in [0.15, 0.2) is 0 Å². The van der Waals surface area contributed by atoms with E-state index in [1.165, 1.54) is 20.8 Å². The van der Waals surface area contributed by atoms with Crippen LogP contribution in [0.25, 0.3) is 0 Å². The molecule has 0 fully saturated rings. The molecule has 0 aliphatic carbocycles. The lowest BCUT2D eigenvalue weighted by molar-refractivity contribution is -0.173. The van der Waals surface area contributed by atoms with Crippen LogP contribution < -0.4 is 0 Å². The van der Waals surface area contributed by atoms with Gasteiger partial charge in [-0.1, -0.05) is 0 Å². The van der Waals surface area contributed by atoms with Crippen LogP contribution in [-0.2, 0) is 51.8 Å². The van der Waals surface area contributed by atoms with E-state index in [0.29, 0.717) is 0 Å². The first-order chi connectivity index (χ1) is 18.5. The van der Waals surface area contributed by atoms with E-state index in [9.17, 15) is 24.0 Å². The van der Waals surface area contributed by atoms with Crippen molar-refractivity contribution < 1.29 is 71.3 Å². The van der Waals surface area contributed by atoms with Crippen LogP contribution >= 0.6 is 8.38 Å². The molecule has 15 nitrogen and oxygen atoms in total. The topological polar surface area (TPSA) is 189 Å². The number of carboxylic acid groups (broad SMARTS) is 1. The Morgan fingerprint density at radius 3 is 1.30 bits per heavy atom. The third-order valence-electron chi connectivity index (χ3n) is 4.01. The summed E-state index contributed by atoms with van der Waals surface area (Å²) < 4.78 is 46.1. The zero-order valence-electron chi connectivity index (χ0n) is 24.3. The number of rotatable bonds is 17. The van der Waals surface area contributed by atoms with Gasteiger partial charge in [0.2, 0.25) is 18.9 Å². The molecule has 0 aromatic carbocycles. The fourth-order valence-electron chi connectivity index (χ4n) is 2.60. The number of ether oxygens (including phenoxy) is 7. The zero-order chi connectivity index (χ0) is 31.0. The van der Waals surface area contributed by atoms with Gasteiger partial charge in [-0.05, 0) is 61.8 Å². The molecule has 0 radical (unpaired) electrons. The van der Waals surface area contributed by atoms with Crippen molar-refractivity contribution in [1.29, 1.82) is 0 Å². The molecule has 232 valence electrons. The van der Waals surface area contributed by atoms with Gasteiger partial charge in [-0.15, -0.1) is 0 Å². The zero-order valence-corrected chi connectivity index (χ0v) is 25.2. The first kappa shape index (κ1) is 37.1. The van der Waals surface area contributed by atoms with Gasteiger partial charge in [0.1, 0.15) is 0 Å². The van der Waals surface area contributed by atoms with Crippen molar-refractivity contribution in [2.45, 2.75) is 112 Å². The van der Waals surface area contributed by atoms with Crippen LogP contribution in [0.3, 0.4) is 0 Å². The monoisotopic (exact) mass is 600 g/mol. The number of carbonyl (C=O) groups excluding carboxylic acids is 4. The predicted molar refractivity (Wildman–Crippen MR) is 137 cm³/mol. The molecule has 0 aliphatic heterocycles. The molecule has 0 aliphatic rings. The number of carboxylic acids is 1. The van der Waals surface area contributed by atoms with Gasteiger partial charge in [-0.2, -0.15) is 0 Å². The second-order valence-electron chi connectivity index (χ2n) is 9.10. The maximum Gasteiger partial charge on any atom is 0.511 e. The summed E-state index contributed by atoms with van der Waals surface area (Å²) in [6, 6.07) is 0. The fraction of sp³-hybridized carbons (Fsp3) is 0.792. The molecule has 0 heterocycles. The van der Waals surface area contributed by atoms with Crippen LogP contribution in [0.5, 0.6) is 0 Å². The van der Waals surface area contributed by atoms with E-state index >= 15 is 0 Å². The summed E-state index contributed by atoms with van der Waals surface area (Å²) in [6.45, 7) is 13.7. The SMILES string of the molecule is CC(C)OC(=O)OC(C)OC(=O)C(CCC(=O)O)CP(OC(C)OC(=O)OC(C)C)OC(C)OC(=O)OC(C)C. The van der Waals surface area contributed by atoms with Gasteiger partial charge in [0.25, 0.3) is 0 Å². The third-order valence-corrected chi connectivity index (χ3v) is 5.81. The van der Waals surface area contributed by atoms with Crippen LogP contribution in [-0.4, -0.2) is 78.9 Å². The molecule has 0 spiro atoms. The van der Waals surface area contributed by atoms with Gasteiger partial charge in [0.05, 0.1) is 24.2 Å². The molecule has 0 amide bonds. The highest BCUT2D eigenvalue weighted by atomic mass is 31.2. The molecule has 0 rings (SSSR count). The molecule has 0 bridgehead atoms. The number of hydrogen-bond acceptors (Lipinski definition) is 14.